The van der Waals surface area contributed by atoms with Gasteiger partial charge in [-0.3, -0.25) is 0 Å². The van der Waals surface area contributed by atoms with Crippen LogP contribution >= 0.6 is 0 Å². The maximum absolute atomic E-state index is 14.3. The number of methoxy groups -OCH3 is 1. The topological polar surface area (TPSA) is 70.8 Å². The van der Waals surface area contributed by atoms with Gasteiger partial charge in [-0.25, -0.2) is 13.6 Å². The van der Waals surface area contributed by atoms with E-state index in [0.29, 0.717) is 16.9 Å². The molecule has 2 aromatic rings. The summed E-state index contributed by atoms with van der Waals surface area (Å²) in [6, 6.07) is 6.94. The van der Waals surface area contributed by atoms with E-state index in [1.54, 1.807) is 18.2 Å². The number of hydrogen-bond acceptors (Lipinski definition) is 4. The monoisotopic (exact) mass is 363 g/mol. The summed E-state index contributed by atoms with van der Waals surface area (Å²) in [5.41, 5.74) is 5.83. The highest BCUT2D eigenvalue weighted by Gasteiger charge is 2.40. The van der Waals surface area contributed by atoms with E-state index >= 15 is 0 Å². The van der Waals surface area contributed by atoms with Crippen LogP contribution in [0, 0.1) is 17.0 Å². The first-order chi connectivity index (χ1) is 12.2. The van der Waals surface area contributed by atoms with Crippen molar-refractivity contribution < 1.29 is 27.8 Å². The Bertz CT molecular complexity index is 867. The minimum Gasteiger partial charge on any atom is -0.494 e. The molecule has 1 aliphatic rings. The fourth-order valence-electron chi connectivity index (χ4n) is 3.05. The molecule has 3 rings (SSSR count). The minimum absolute atomic E-state index is 0.0758. The molecule has 1 atom stereocenters. The normalized spacial score (nSPS) is 17.8. The summed E-state index contributed by atoms with van der Waals surface area (Å²) in [6.45, 7) is 4.05. The SMILES string of the molecule is COc1cc(F)c(-c2ccc3c(c2)OCC(C)(C)C3OC(N)=O)cc1F. The number of benzene rings is 2. The van der Waals surface area contributed by atoms with E-state index < -0.39 is 29.2 Å². The molecule has 0 fully saturated rings. The van der Waals surface area contributed by atoms with Crippen LogP contribution in [0.15, 0.2) is 30.3 Å². The van der Waals surface area contributed by atoms with E-state index in [0.717, 1.165) is 12.1 Å². The van der Waals surface area contributed by atoms with Gasteiger partial charge in [0.25, 0.3) is 0 Å². The van der Waals surface area contributed by atoms with Crippen molar-refractivity contribution in [2.45, 2.75) is 20.0 Å². The van der Waals surface area contributed by atoms with Gasteiger partial charge in [-0.2, -0.15) is 0 Å². The molecule has 7 heteroatoms. The maximum Gasteiger partial charge on any atom is 0.405 e. The lowest BCUT2D eigenvalue weighted by Gasteiger charge is -2.38. The Morgan fingerprint density at radius 2 is 1.96 bits per heavy atom. The molecule has 1 amide bonds. The second-order valence-electron chi connectivity index (χ2n) is 6.81. The third kappa shape index (κ3) is 3.16. The number of hydrogen-bond donors (Lipinski definition) is 1. The molecule has 0 aliphatic carbocycles. The third-order valence-electron chi connectivity index (χ3n) is 4.39. The standard InChI is InChI=1S/C19H19F2NO4/c1-19(2)9-25-15-6-10(4-5-11(15)17(19)26-18(22)23)12-7-14(21)16(24-3)8-13(12)20/h4-8,17H,9H2,1-3H3,(H2,22,23). The molecule has 0 spiro atoms. The average Bonchev–Trinajstić information content (AvgIpc) is 2.58. The number of carbonyl (C=O) groups is 1. The number of carbonyl (C=O) groups excluding carboxylic acids is 1. The molecule has 2 N–H and O–H groups in total. The maximum atomic E-state index is 14.3. The number of nitrogens with two attached hydrogens (primary N) is 1. The van der Waals surface area contributed by atoms with E-state index in [2.05, 4.69) is 0 Å². The number of ether oxygens (including phenoxy) is 3. The quantitative estimate of drug-likeness (QED) is 0.887. The Morgan fingerprint density at radius 1 is 1.23 bits per heavy atom. The highest BCUT2D eigenvalue weighted by atomic mass is 19.1. The summed E-state index contributed by atoms with van der Waals surface area (Å²) in [6.07, 6.45) is -1.49. The second-order valence-corrected chi connectivity index (χ2v) is 6.81. The lowest BCUT2D eigenvalue weighted by atomic mass is 9.80. The van der Waals surface area contributed by atoms with Gasteiger partial charge in [-0.1, -0.05) is 26.0 Å². The van der Waals surface area contributed by atoms with Crippen LogP contribution in [0.1, 0.15) is 25.5 Å². The lowest BCUT2D eigenvalue weighted by Crippen LogP contribution is -2.37. The van der Waals surface area contributed by atoms with Crippen molar-refractivity contribution in [2.24, 2.45) is 11.1 Å². The molecule has 0 bridgehead atoms. The van der Waals surface area contributed by atoms with Crippen LogP contribution < -0.4 is 15.2 Å². The summed E-state index contributed by atoms with van der Waals surface area (Å²) in [5.74, 6) is -1.02. The zero-order valence-corrected chi connectivity index (χ0v) is 14.6. The van der Waals surface area contributed by atoms with Gasteiger partial charge in [0.05, 0.1) is 13.7 Å². The molecule has 1 heterocycles. The molecule has 0 saturated heterocycles. The molecule has 2 aromatic carbocycles. The van der Waals surface area contributed by atoms with Gasteiger partial charge in [-0.15, -0.1) is 0 Å². The van der Waals surface area contributed by atoms with Crippen molar-refractivity contribution in [1.82, 2.24) is 0 Å². The van der Waals surface area contributed by atoms with Gasteiger partial charge in [0.15, 0.2) is 11.6 Å². The Balaban J connectivity index is 2.05. The fraction of sp³-hybridized carbons (Fsp3) is 0.316. The zero-order chi connectivity index (χ0) is 19.1. The molecule has 1 unspecified atom stereocenters. The van der Waals surface area contributed by atoms with Crippen molar-refractivity contribution >= 4 is 6.09 Å². The highest BCUT2D eigenvalue weighted by Crippen LogP contribution is 2.46. The largest absolute Gasteiger partial charge is 0.494 e. The number of rotatable bonds is 3. The lowest BCUT2D eigenvalue weighted by molar-refractivity contribution is -0.0176. The average molecular weight is 363 g/mol. The van der Waals surface area contributed by atoms with Gasteiger partial charge < -0.3 is 19.9 Å². The van der Waals surface area contributed by atoms with Gasteiger partial charge in [-0.05, 0) is 17.7 Å². The Labute approximate surface area is 149 Å². The fourth-order valence-corrected chi connectivity index (χ4v) is 3.05. The van der Waals surface area contributed by atoms with E-state index in [-0.39, 0.29) is 17.9 Å². The predicted molar refractivity (Wildman–Crippen MR) is 91.0 cm³/mol. The summed E-state index contributed by atoms with van der Waals surface area (Å²) < 4.78 is 44.1. The van der Waals surface area contributed by atoms with Crippen LogP contribution in [-0.2, 0) is 4.74 Å². The number of fused-ring (bicyclic) bond motifs is 1. The van der Waals surface area contributed by atoms with Crippen molar-refractivity contribution in [3.8, 4) is 22.6 Å². The van der Waals surface area contributed by atoms with Crippen molar-refractivity contribution in [3.63, 3.8) is 0 Å². The van der Waals surface area contributed by atoms with Crippen LogP contribution in [-0.4, -0.2) is 19.8 Å². The van der Waals surface area contributed by atoms with Crippen LogP contribution in [0.2, 0.25) is 0 Å². The molecular weight excluding hydrogens is 344 g/mol. The van der Waals surface area contributed by atoms with E-state index in [1.165, 1.54) is 7.11 Å². The van der Waals surface area contributed by atoms with Crippen molar-refractivity contribution in [3.05, 3.63) is 47.5 Å². The first-order valence-corrected chi connectivity index (χ1v) is 7.99. The summed E-state index contributed by atoms with van der Waals surface area (Å²) in [4.78, 5) is 11.3. The van der Waals surface area contributed by atoms with E-state index in [1.807, 2.05) is 13.8 Å². The minimum atomic E-state index is -0.886. The molecule has 0 radical (unpaired) electrons. The summed E-state index contributed by atoms with van der Waals surface area (Å²) in [5, 5.41) is 0. The van der Waals surface area contributed by atoms with Gasteiger partial charge in [0.1, 0.15) is 17.7 Å². The Hall–Kier alpha value is -2.83. The number of primary amides is 1. The Morgan fingerprint density at radius 3 is 2.62 bits per heavy atom. The van der Waals surface area contributed by atoms with Crippen LogP contribution in [0.3, 0.4) is 0 Å². The zero-order valence-electron chi connectivity index (χ0n) is 14.6. The van der Waals surface area contributed by atoms with Crippen LogP contribution in [0.4, 0.5) is 13.6 Å². The predicted octanol–water partition coefficient (Wildman–Crippen LogP) is 4.20. The van der Waals surface area contributed by atoms with Crippen LogP contribution in [0.25, 0.3) is 11.1 Å². The number of halogens is 2. The van der Waals surface area contributed by atoms with Gasteiger partial charge >= 0.3 is 6.09 Å². The summed E-state index contributed by atoms with van der Waals surface area (Å²) in [7, 11) is 1.27. The summed E-state index contributed by atoms with van der Waals surface area (Å²) >= 11 is 0. The molecule has 5 nitrogen and oxygen atoms in total. The molecule has 1 aliphatic heterocycles. The van der Waals surface area contributed by atoms with E-state index in [9.17, 15) is 13.6 Å². The van der Waals surface area contributed by atoms with Crippen molar-refractivity contribution in [2.75, 3.05) is 13.7 Å². The number of amides is 1. The van der Waals surface area contributed by atoms with Crippen molar-refractivity contribution in [1.29, 1.82) is 0 Å². The molecule has 0 saturated carbocycles. The smallest absolute Gasteiger partial charge is 0.405 e. The molecule has 26 heavy (non-hydrogen) atoms. The highest BCUT2D eigenvalue weighted by molar-refractivity contribution is 5.69. The molecular formula is C19H19F2NO4. The second kappa shape index (κ2) is 6.48. The Kier molecular flexibility index (Phi) is 4.48. The van der Waals surface area contributed by atoms with Gasteiger partial charge in [0.2, 0.25) is 0 Å². The van der Waals surface area contributed by atoms with Gasteiger partial charge in [0, 0.05) is 22.6 Å². The molecule has 138 valence electrons. The van der Waals surface area contributed by atoms with Crippen LogP contribution in [0.5, 0.6) is 11.5 Å². The van der Waals surface area contributed by atoms with E-state index in [4.69, 9.17) is 19.9 Å². The third-order valence-corrected chi connectivity index (χ3v) is 4.39. The first-order valence-electron chi connectivity index (χ1n) is 7.99. The first kappa shape index (κ1) is 18.0. The molecule has 0 aromatic heterocycles.